The van der Waals surface area contributed by atoms with E-state index in [-0.39, 0.29) is 6.04 Å². The van der Waals surface area contributed by atoms with E-state index >= 15 is 0 Å². The average Bonchev–Trinajstić information content (AvgIpc) is 3.27. The maximum Gasteiger partial charge on any atom is 0.0997 e. The summed E-state index contributed by atoms with van der Waals surface area (Å²) in [7, 11) is 0. The number of hydrogen-bond donors (Lipinski definition) is 1. The third-order valence-corrected chi connectivity index (χ3v) is 5.36. The molecule has 132 valence electrons. The summed E-state index contributed by atoms with van der Waals surface area (Å²) in [4.78, 5) is 7.10. The van der Waals surface area contributed by atoms with Crippen LogP contribution in [0.4, 0.5) is 0 Å². The van der Waals surface area contributed by atoms with Crippen LogP contribution in [0.2, 0.25) is 0 Å². The first kappa shape index (κ1) is 15.5. The first-order valence-corrected chi connectivity index (χ1v) is 9.17. The first-order valence-electron chi connectivity index (χ1n) is 9.17. The van der Waals surface area contributed by atoms with E-state index in [0.29, 0.717) is 5.92 Å². The number of dihydropyridines is 1. The number of rotatable bonds is 3. The molecule has 4 heterocycles. The second-order valence-electron chi connectivity index (χ2n) is 7.27. The zero-order chi connectivity index (χ0) is 17.5. The molecule has 2 aromatic heterocycles. The largest absolute Gasteiger partial charge is 0.291 e. The Bertz CT molecular complexity index is 995. The highest BCUT2D eigenvalue weighted by Gasteiger charge is 2.25. The van der Waals surface area contributed by atoms with E-state index in [9.17, 15) is 0 Å². The molecule has 0 radical (unpaired) electrons. The Morgan fingerprint density at radius 3 is 3.12 bits per heavy atom. The molecule has 6 heteroatoms. The van der Waals surface area contributed by atoms with Gasteiger partial charge in [-0.2, -0.15) is 10.2 Å². The normalized spacial score (nSPS) is 22.8. The van der Waals surface area contributed by atoms with Gasteiger partial charge >= 0.3 is 0 Å². The molecule has 5 rings (SSSR count). The van der Waals surface area contributed by atoms with Crippen molar-refractivity contribution in [3.63, 3.8) is 0 Å². The molecule has 1 aromatic carbocycles. The standard InChI is InChI=1S/C20H22N6/c1-14-3-2-6-21-20(14)19-10-17-13-25(7-8-26(17)24-19)12-15-4-5-16-11-22-23-18(16)9-15/h2-6,9-11,14,20H,7-8,12-13H2,1H3,(H,22,23). The summed E-state index contributed by atoms with van der Waals surface area (Å²) in [6, 6.07) is 8.91. The molecule has 0 bridgehead atoms. The van der Waals surface area contributed by atoms with Gasteiger partial charge in [-0.15, -0.1) is 0 Å². The van der Waals surface area contributed by atoms with Crippen LogP contribution in [0.15, 0.2) is 47.6 Å². The number of aliphatic imine (C=N–C) groups is 1. The zero-order valence-corrected chi connectivity index (χ0v) is 14.8. The molecule has 0 aliphatic carbocycles. The van der Waals surface area contributed by atoms with E-state index in [1.54, 1.807) is 0 Å². The van der Waals surface area contributed by atoms with Gasteiger partial charge in [-0.3, -0.25) is 19.7 Å². The third kappa shape index (κ3) is 2.76. The van der Waals surface area contributed by atoms with Gasteiger partial charge in [-0.05, 0) is 23.8 Å². The number of hydrogen-bond acceptors (Lipinski definition) is 4. The van der Waals surface area contributed by atoms with E-state index in [0.717, 1.165) is 42.8 Å². The maximum absolute atomic E-state index is 4.83. The zero-order valence-electron chi connectivity index (χ0n) is 14.8. The van der Waals surface area contributed by atoms with Crippen molar-refractivity contribution in [1.82, 2.24) is 24.9 Å². The van der Waals surface area contributed by atoms with E-state index in [4.69, 9.17) is 5.10 Å². The minimum Gasteiger partial charge on any atom is -0.291 e. The van der Waals surface area contributed by atoms with Crippen molar-refractivity contribution < 1.29 is 0 Å². The van der Waals surface area contributed by atoms with Crippen LogP contribution in [-0.4, -0.2) is 37.6 Å². The van der Waals surface area contributed by atoms with E-state index in [2.05, 4.69) is 62.0 Å². The Hall–Kier alpha value is -2.73. The lowest BCUT2D eigenvalue weighted by Crippen LogP contribution is -2.33. The molecule has 2 unspecified atom stereocenters. The summed E-state index contributed by atoms with van der Waals surface area (Å²) >= 11 is 0. The van der Waals surface area contributed by atoms with Gasteiger partial charge in [0.05, 0.1) is 35.7 Å². The summed E-state index contributed by atoms with van der Waals surface area (Å²) in [5, 5.41) is 13.1. The predicted molar refractivity (Wildman–Crippen MR) is 102 cm³/mol. The molecule has 26 heavy (non-hydrogen) atoms. The number of nitrogens with zero attached hydrogens (tertiary/aromatic N) is 5. The summed E-state index contributed by atoms with van der Waals surface area (Å²) in [6.45, 7) is 6.01. The van der Waals surface area contributed by atoms with Gasteiger partial charge in [-0.25, -0.2) is 0 Å². The Kier molecular flexibility index (Phi) is 3.71. The molecule has 2 atom stereocenters. The quantitative estimate of drug-likeness (QED) is 0.793. The number of aromatic nitrogens is 4. The fourth-order valence-electron chi connectivity index (χ4n) is 3.92. The Morgan fingerprint density at radius 1 is 1.23 bits per heavy atom. The molecule has 2 aliphatic rings. The van der Waals surface area contributed by atoms with Gasteiger partial charge in [0.1, 0.15) is 0 Å². The first-order chi connectivity index (χ1) is 12.8. The molecule has 1 N–H and O–H groups in total. The van der Waals surface area contributed by atoms with Crippen LogP contribution in [0.1, 0.15) is 29.9 Å². The number of aromatic amines is 1. The molecule has 2 aliphatic heterocycles. The Balaban J connectivity index is 1.33. The number of H-pyrrole nitrogens is 1. The van der Waals surface area contributed by atoms with Gasteiger partial charge in [0, 0.05) is 37.2 Å². The number of benzene rings is 1. The minimum atomic E-state index is 0.148. The molecule has 6 nitrogen and oxygen atoms in total. The summed E-state index contributed by atoms with van der Waals surface area (Å²) < 4.78 is 2.16. The van der Waals surface area contributed by atoms with Crippen LogP contribution in [0.3, 0.4) is 0 Å². The average molecular weight is 346 g/mol. The topological polar surface area (TPSA) is 62.1 Å². The van der Waals surface area contributed by atoms with Crippen LogP contribution in [0.25, 0.3) is 10.9 Å². The molecule has 0 amide bonds. The lowest BCUT2D eigenvalue weighted by molar-refractivity contribution is 0.205. The van der Waals surface area contributed by atoms with Crippen molar-refractivity contribution in [1.29, 1.82) is 0 Å². The van der Waals surface area contributed by atoms with Crippen LogP contribution >= 0.6 is 0 Å². The monoisotopic (exact) mass is 346 g/mol. The summed E-state index contributed by atoms with van der Waals surface area (Å²) in [6.07, 6.45) is 7.98. The summed E-state index contributed by atoms with van der Waals surface area (Å²) in [5.41, 5.74) is 4.79. The van der Waals surface area contributed by atoms with E-state index < -0.39 is 0 Å². The van der Waals surface area contributed by atoms with Crippen LogP contribution in [0.5, 0.6) is 0 Å². The Morgan fingerprint density at radius 2 is 2.19 bits per heavy atom. The van der Waals surface area contributed by atoms with Gasteiger partial charge in [0.25, 0.3) is 0 Å². The summed E-state index contributed by atoms with van der Waals surface area (Å²) in [5.74, 6) is 0.397. The van der Waals surface area contributed by atoms with Crippen molar-refractivity contribution in [2.45, 2.75) is 32.6 Å². The van der Waals surface area contributed by atoms with Gasteiger partial charge in [-0.1, -0.05) is 25.1 Å². The van der Waals surface area contributed by atoms with Gasteiger partial charge in [0.15, 0.2) is 0 Å². The molecule has 3 aromatic rings. The van der Waals surface area contributed by atoms with Crippen LogP contribution < -0.4 is 0 Å². The highest BCUT2D eigenvalue weighted by atomic mass is 15.3. The molecular weight excluding hydrogens is 324 g/mol. The smallest absolute Gasteiger partial charge is 0.0997 e. The lowest BCUT2D eigenvalue weighted by atomic mass is 9.97. The fraction of sp³-hybridized carbons (Fsp3) is 0.350. The van der Waals surface area contributed by atoms with Crippen molar-refractivity contribution in [2.75, 3.05) is 6.54 Å². The maximum atomic E-state index is 4.83. The SMILES string of the molecule is CC1C=CC=NC1c1cc2n(n1)CCN(Cc1ccc3cn[nH]c3c1)C2. The highest BCUT2D eigenvalue weighted by Crippen LogP contribution is 2.29. The predicted octanol–water partition coefficient (Wildman–Crippen LogP) is 3.09. The third-order valence-electron chi connectivity index (χ3n) is 5.36. The molecular formula is C20H22N6. The minimum absolute atomic E-state index is 0.148. The van der Waals surface area contributed by atoms with E-state index in [1.165, 1.54) is 11.3 Å². The fourth-order valence-corrected chi connectivity index (χ4v) is 3.92. The van der Waals surface area contributed by atoms with Crippen LogP contribution in [0, 0.1) is 5.92 Å². The lowest BCUT2D eigenvalue weighted by Gasteiger charge is -2.27. The van der Waals surface area contributed by atoms with Gasteiger partial charge in [0.2, 0.25) is 0 Å². The van der Waals surface area contributed by atoms with Crippen LogP contribution in [-0.2, 0) is 19.6 Å². The molecule has 0 saturated carbocycles. The molecule has 0 fully saturated rings. The van der Waals surface area contributed by atoms with Crippen molar-refractivity contribution in [3.8, 4) is 0 Å². The second kappa shape index (κ2) is 6.21. The van der Waals surface area contributed by atoms with E-state index in [1.807, 2.05) is 18.5 Å². The number of allylic oxidation sites excluding steroid dienone is 1. The Labute approximate surface area is 152 Å². The van der Waals surface area contributed by atoms with Crippen molar-refractivity contribution in [3.05, 3.63) is 59.6 Å². The van der Waals surface area contributed by atoms with Crippen molar-refractivity contribution >= 4 is 17.1 Å². The number of nitrogens with one attached hydrogen (secondary N) is 1. The second-order valence-corrected chi connectivity index (χ2v) is 7.27. The van der Waals surface area contributed by atoms with Crippen molar-refractivity contribution in [2.24, 2.45) is 10.9 Å². The molecule has 0 spiro atoms. The van der Waals surface area contributed by atoms with Gasteiger partial charge < -0.3 is 0 Å². The number of fused-ring (bicyclic) bond motifs is 2. The molecule has 0 saturated heterocycles. The highest BCUT2D eigenvalue weighted by molar-refractivity contribution is 5.78.